The van der Waals surface area contributed by atoms with E-state index in [4.69, 9.17) is 5.73 Å². The van der Waals surface area contributed by atoms with Gasteiger partial charge in [0, 0.05) is 0 Å². The molecule has 0 amide bonds. The molecule has 66 valence electrons. The van der Waals surface area contributed by atoms with Gasteiger partial charge in [-0.1, -0.05) is 19.4 Å². The van der Waals surface area contributed by atoms with E-state index in [2.05, 4.69) is 27.4 Å². The molecule has 0 aliphatic carbocycles. The minimum Gasteiger partial charge on any atom is -0.330 e. The average Bonchev–Trinajstić information content (AvgIpc) is 2.00. The molecular weight excluding hydrogens is 134 g/mol. The zero-order valence-electron chi connectivity index (χ0n) is 8.11. The average molecular weight is 155 g/mol. The molecule has 0 aliphatic rings. The molecule has 0 aromatic carbocycles. The van der Waals surface area contributed by atoms with Crippen LogP contribution in [-0.2, 0) is 0 Å². The highest BCUT2D eigenvalue weighted by Gasteiger charge is 2.18. The van der Waals surface area contributed by atoms with Crippen LogP contribution in [0.15, 0.2) is 12.2 Å². The summed E-state index contributed by atoms with van der Waals surface area (Å²) >= 11 is 0. The third-order valence-electron chi connectivity index (χ3n) is 2.50. The van der Waals surface area contributed by atoms with Crippen LogP contribution in [0.2, 0.25) is 0 Å². The van der Waals surface area contributed by atoms with Crippen LogP contribution in [0.3, 0.4) is 0 Å². The number of hydrogen-bond acceptors (Lipinski definition) is 1. The zero-order chi connectivity index (χ0) is 8.91. The van der Waals surface area contributed by atoms with E-state index < -0.39 is 0 Å². The largest absolute Gasteiger partial charge is 0.330 e. The molecule has 0 rings (SSSR count). The van der Waals surface area contributed by atoms with Gasteiger partial charge in [0.05, 0.1) is 0 Å². The van der Waals surface area contributed by atoms with Gasteiger partial charge in [0.1, 0.15) is 0 Å². The van der Waals surface area contributed by atoms with Crippen molar-refractivity contribution in [2.24, 2.45) is 11.1 Å². The Labute approximate surface area is 70.7 Å². The fourth-order valence-electron chi connectivity index (χ4n) is 0.938. The Morgan fingerprint density at radius 1 is 1.55 bits per heavy atom. The first-order chi connectivity index (χ1) is 5.04. The summed E-state index contributed by atoms with van der Waals surface area (Å²) in [6.45, 7) is 11.2. The maximum Gasteiger partial charge on any atom is -0.00232 e. The van der Waals surface area contributed by atoms with E-state index in [1.54, 1.807) is 0 Å². The van der Waals surface area contributed by atoms with Crippen LogP contribution in [0, 0.1) is 5.41 Å². The maximum absolute atomic E-state index is 5.67. The Bertz CT molecular complexity index is 123. The third kappa shape index (κ3) is 4.20. The molecule has 0 aromatic heterocycles. The molecule has 0 saturated heterocycles. The normalized spacial score (nSPS) is 16.0. The van der Waals surface area contributed by atoms with Crippen molar-refractivity contribution in [3.63, 3.8) is 0 Å². The van der Waals surface area contributed by atoms with Crippen LogP contribution in [0.5, 0.6) is 0 Å². The van der Waals surface area contributed by atoms with E-state index in [-0.39, 0.29) is 0 Å². The topological polar surface area (TPSA) is 26.0 Å². The van der Waals surface area contributed by atoms with Crippen LogP contribution in [-0.4, -0.2) is 6.54 Å². The Kier molecular flexibility index (Phi) is 4.43. The molecule has 1 unspecified atom stereocenters. The summed E-state index contributed by atoms with van der Waals surface area (Å²) in [5.74, 6) is 0. The van der Waals surface area contributed by atoms with Gasteiger partial charge in [-0.15, -0.1) is 6.58 Å². The van der Waals surface area contributed by atoms with Gasteiger partial charge in [-0.2, -0.15) is 0 Å². The van der Waals surface area contributed by atoms with Crippen molar-refractivity contribution >= 4 is 0 Å². The Morgan fingerprint density at radius 3 is 2.36 bits per heavy atom. The quantitative estimate of drug-likeness (QED) is 0.607. The predicted octanol–water partition coefficient (Wildman–Crippen LogP) is 2.72. The van der Waals surface area contributed by atoms with E-state index in [1.165, 1.54) is 12.0 Å². The molecule has 0 saturated carbocycles. The molecule has 2 N–H and O–H groups in total. The van der Waals surface area contributed by atoms with Gasteiger partial charge in [0.2, 0.25) is 0 Å². The molecule has 0 radical (unpaired) electrons. The van der Waals surface area contributed by atoms with Crippen molar-refractivity contribution < 1.29 is 0 Å². The first-order valence-corrected chi connectivity index (χ1v) is 4.38. The van der Waals surface area contributed by atoms with Crippen LogP contribution < -0.4 is 5.73 Å². The minimum atomic E-state index is 0.332. The number of hydrogen-bond donors (Lipinski definition) is 1. The fraction of sp³-hybridized carbons (Fsp3) is 0.800. The van der Waals surface area contributed by atoms with Crippen molar-refractivity contribution in [2.45, 2.75) is 40.0 Å². The molecule has 0 aromatic rings. The SMILES string of the molecule is C=C(C)CCC(C)(CC)CN. The van der Waals surface area contributed by atoms with Gasteiger partial charge in [-0.25, -0.2) is 0 Å². The molecule has 1 nitrogen and oxygen atoms in total. The second-order valence-corrected chi connectivity index (χ2v) is 3.83. The second kappa shape index (κ2) is 4.55. The lowest BCUT2D eigenvalue weighted by molar-refractivity contribution is 0.296. The van der Waals surface area contributed by atoms with Crippen LogP contribution in [0.4, 0.5) is 0 Å². The Morgan fingerprint density at radius 2 is 2.09 bits per heavy atom. The first-order valence-electron chi connectivity index (χ1n) is 4.38. The maximum atomic E-state index is 5.67. The molecule has 0 heterocycles. The number of nitrogens with two attached hydrogens (primary N) is 1. The third-order valence-corrected chi connectivity index (χ3v) is 2.50. The summed E-state index contributed by atoms with van der Waals surface area (Å²) in [6.07, 6.45) is 3.45. The molecule has 0 aliphatic heterocycles. The molecule has 1 heteroatoms. The van der Waals surface area contributed by atoms with Gasteiger partial charge >= 0.3 is 0 Å². The van der Waals surface area contributed by atoms with Crippen molar-refractivity contribution in [1.82, 2.24) is 0 Å². The number of allylic oxidation sites excluding steroid dienone is 1. The van der Waals surface area contributed by atoms with Crippen molar-refractivity contribution in [3.05, 3.63) is 12.2 Å². The van der Waals surface area contributed by atoms with Gasteiger partial charge < -0.3 is 5.73 Å². The van der Waals surface area contributed by atoms with E-state index >= 15 is 0 Å². The van der Waals surface area contributed by atoms with Crippen LogP contribution >= 0.6 is 0 Å². The van der Waals surface area contributed by atoms with E-state index in [0.717, 1.165) is 19.4 Å². The highest BCUT2D eigenvalue weighted by Crippen LogP contribution is 2.26. The summed E-state index contributed by atoms with van der Waals surface area (Å²) in [6, 6.07) is 0. The van der Waals surface area contributed by atoms with Gasteiger partial charge in [0.15, 0.2) is 0 Å². The Balaban J connectivity index is 3.78. The summed E-state index contributed by atoms with van der Waals surface area (Å²) < 4.78 is 0. The molecule has 1 atom stereocenters. The lowest BCUT2D eigenvalue weighted by Gasteiger charge is -2.26. The molecule has 11 heavy (non-hydrogen) atoms. The van der Waals surface area contributed by atoms with Gasteiger partial charge in [-0.3, -0.25) is 0 Å². The summed E-state index contributed by atoms with van der Waals surface area (Å²) in [7, 11) is 0. The molecule has 0 fully saturated rings. The second-order valence-electron chi connectivity index (χ2n) is 3.83. The summed E-state index contributed by atoms with van der Waals surface area (Å²) in [4.78, 5) is 0. The monoisotopic (exact) mass is 155 g/mol. The fourth-order valence-corrected chi connectivity index (χ4v) is 0.938. The number of rotatable bonds is 5. The van der Waals surface area contributed by atoms with E-state index in [1.807, 2.05) is 0 Å². The summed E-state index contributed by atoms with van der Waals surface area (Å²) in [5.41, 5.74) is 7.27. The van der Waals surface area contributed by atoms with Gasteiger partial charge in [0.25, 0.3) is 0 Å². The first kappa shape index (κ1) is 10.7. The zero-order valence-corrected chi connectivity index (χ0v) is 8.11. The van der Waals surface area contributed by atoms with Crippen molar-refractivity contribution in [3.8, 4) is 0 Å². The van der Waals surface area contributed by atoms with Crippen molar-refractivity contribution in [2.75, 3.05) is 6.54 Å². The minimum absolute atomic E-state index is 0.332. The highest BCUT2D eigenvalue weighted by atomic mass is 14.6. The molecule has 0 spiro atoms. The Hall–Kier alpha value is -0.300. The van der Waals surface area contributed by atoms with Gasteiger partial charge in [-0.05, 0) is 38.1 Å². The predicted molar refractivity (Wildman–Crippen MR) is 51.5 cm³/mol. The summed E-state index contributed by atoms with van der Waals surface area (Å²) in [5, 5.41) is 0. The lowest BCUT2D eigenvalue weighted by Crippen LogP contribution is -2.26. The van der Waals surface area contributed by atoms with Crippen LogP contribution in [0.1, 0.15) is 40.0 Å². The lowest BCUT2D eigenvalue weighted by atomic mass is 9.82. The highest BCUT2D eigenvalue weighted by molar-refractivity contribution is 4.90. The van der Waals surface area contributed by atoms with E-state index in [9.17, 15) is 0 Å². The smallest absolute Gasteiger partial charge is 0.00232 e. The van der Waals surface area contributed by atoms with Crippen LogP contribution in [0.25, 0.3) is 0 Å². The molecule has 0 bridgehead atoms. The standard InChI is InChI=1S/C10H21N/c1-5-10(4,8-11)7-6-9(2)3/h2,5-8,11H2,1,3-4H3. The molecular formula is C10H21N. The van der Waals surface area contributed by atoms with Crippen molar-refractivity contribution in [1.29, 1.82) is 0 Å². The van der Waals surface area contributed by atoms with E-state index in [0.29, 0.717) is 5.41 Å².